The van der Waals surface area contributed by atoms with Crippen LogP contribution in [0, 0.1) is 17.0 Å². The molecule has 6 heteroatoms. The number of nitro groups is 1. The second kappa shape index (κ2) is 6.99. The maximum absolute atomic E-state index is 10.7. The predicted molar refractivity (Wildman–Crippen MR) is 80.2 cm³/mol. The van der Waals surface area contributed by atoms with Crippen LogP contribution in [-0.4, -0.2) is 23.0 Å². The number of nitrogens with one attached hydrogen (secondary N) is 1. The van der Waals surface area contributed by atoms with Crippen LogP contribution >= 0.6 is 0 Å². The number of nitrogens with zero attached hydrogens (tertiary/aromatic N) is 2. The van der Waals surface area contributed by atoms with Gasteiger partial charge in [-0.2, -0.15) is 0 Å². The minimum absolute atomic E-state index is 0.0831. The van der Waals surface area contributed by atoms with Crippen molar-refractivity contribution in [1.29, 1.82) is 0 Å². The number of hydrogen-bond acceptors (Lipinski definition) is 5. The molecule has 0 aliphatic heterocycles. The summed E-state index contributed by atoms with van der Waals surface area (Å²) in [7, 11) is 0. The fourth-order valence-corrected chi connectivity index (χ4v) is 2.09. The SMILES string of the molecule is CCCNCCc1ncc(-c2ccc([N+](=O)[O-])cc2C)o1. The molecule has 2 rings (SSSR count). The summed E-state index contributed by atoms with van der Waals surface area (Å²) in [5.74, 6) is 1.32. The Hall–Kier alpha value is -2.21. The van der Waals surface area contributed by atoms with Gasteiger partial charge in [0, 0.05) is 30.7 Å². The molecule has 6 nitrogen and oxygen atoms in total. The van der Waals surface area contributed by atoms with Gasteiger partial charge in [0.25, 0.3) is 5.69 Å². The largest absolute Gasteiger partial charge is 0.441 e. The van der Waals surface area contributed by atoms with Gasteiger partial charge in [0.1, 0.15) is 0 Å². The van der Waals surface area contributed by atoms with E-state index in [0.29, 0.717) is 11.7 Å². The highest BCUT2D eigenvalue weighted by atomic mass is 16.6. The first-order valence-corrected chi connectivity index (χ1v) is 7.02. The van der Waals surface area contributed by atoms with Crippen LogP contribution in [0.3, 0.4) is 0 Å². The Labute approximate surface area is 123 Å². The minimum atomic E-state index is -0.401. The molecule has 0 fully saturated rings. The molecule has 0 unspecified atom stereocenters. The Morgan fingerprint density at radius 3 is 2.86 bits per heavy atom. The van der Waals surface area contributed by atoms with Crippen molar-refractivity contribution in [2.75, 3.05) is 13.1 Å². The standard InChI is InChI=1S/C15H19N3O3/c1-3-7-16-8-6-15-17-10-14(21-15)13-5-4-12(18(19)20)9-11(13)2/h4-5,9-10,16H,3,6-8H2,1-2H3. The van der Waals surface area contributed by atoms with Crippen LogP contribution in [0.1, 0.15) is 24.8 Å². The van der Waals surface area contributed by atoms with Crippen LogP contribution in [-0.2, 0) is 6.42 Å². The van der Waals surface area contributed by atoms with Crippen molar-refractivity contribution in [3.8, 4) is 11.3 Å². The number of non-ortho nitro benzene ring substituents is 1. The van der Waals surface area contributed by atoms with Gasteiger partial charge < -0.3 is 9.73 Å². The van der Waals surface area contributed by atoms with Gasteiger partial charge in [-0.1, -0.05) is 6.92 Å². The third kappa shape index (κ3) is 3.88. The summed E-state index contributed by atoms with van der Waals surface area (Å²) < 4.78 is 5.71. The van der Waals surface area contributed by atoms with E-state index in [1.807, 2.05) is 6.92 Å². The highest BCUT2D eigenvalue weighted by molar-refractivity contribution is 5.63. The molecule has 1 aromatic heterocycles. The van der Waals surface area contributed by atoms with Crippen LogP contribution in [0.5, 0.6) is 0 Å². The van der Waals surface area contributed by atoms with E-state index < -0.39 is 4.92 Å². The van der Waals surface area contributed by atoms with E-state index >= 15 is 0 Å². The number of rotatable bonds is 7. The lowest BCUT2D eigenvalue weighted by atomic mass is 10.1. The van der Waals surface area contributed by atoms with Gasteiger partial charge in [0.05, 0.1) is 11.1 Å². The molecular formula is C15H19N3O3. The fraction of sp³-hybridized carbons (Fsp3) is 0.400. The topological polar surface area (TPSA) is 81.2 Å². The summed E-state index contributed by atoms with van der Waals surface area (Å²) in [4.78, 5) is 14.6. The Morgan fingerprint density at radius 1 is 1.38 bits per heavy atom. The molecule has 0 saturated heterocycles. The van der Waals surface area contributed by atoms with Crippen molar-refractivity contribution in [3.63, 3.8) is 0 Å². The number of oxazole rings is 1. The molecule has 0 bridgehead atoms. The van der Waals surface area contributed by atoms with Gasteiger partial charge in [-0.05, 0) is 31.5 Å². The summed E-state index contributed by atoms with van der Waals surface area (Å²) in [6.07, 6.45) is 3.49. The molecule has 1 heterocycles. The zero-order valence-corrected chi connectivity index (χ0v) is 12.3. The van der Waals surface area contributed by atoms with E-state index in [1.54, 1.807) is 18.3 Å². The Bertz CT molecular complexity index is 622. The average Bonchev–Trinajstić information content (AvgIpc) is 2.92. The van der Waals surface area contributed by atoms with Gasteiger partial charge >= 0.3 is 0 Å². The highest BCUT2D eigenvalue weighted by Gasteiger charge is 2.12. The van der Waals surface area contributed by atoms with Gasteiger partial charge in [-0.25, -0.2) is 4.98 Å². The first-order chi connectivity index (χ1) is 10.1. The van der Waals surface area contributed by atoms with Crippen molar-refractivity contribution in [2.24, 2.45) is 0 Å². The van der Waals surface area contributed by atoms with E-state index in [1.165, 1.54) is 6.07 Å². The zero-order valence-electron chi connectivity index (χ0n) is 12.3. The van der Waals surface area contributed by atoms with Crippen LogP contribution in [0.4, 0.5) is 5.69 Å². The maximum atomic E-state index is 10.7. The second-order valence-electron chi connectivity index (χ2n) is 4.87. The first-order valence-electron chi connectivity index (χ1n) is 7.02. The lowest BCUT2D eigenvalue weighted by Gasteiger charge is -2.02. The second-order valence-corrected chi connectivity index (χ2v) is 4.87. The number of aromatic nitrogens is 1. The molecule has 112 valence electrons. The zero-order chi connectivity index (χ0) is 15.2. The molecule has 0 aliphatic rings. The monoisotopic (exact) mass is 289 g/mol. The summed E-state index contributed by atoms with van der Waals surface area (Å²) in [6, 6.07) is 4.72. The Morgan fingerprint density at radius 2 is 2.19 bits per heavy atom. The van der Waals surface area contributed by atoms with Crippen LogP contribution in [0.25, 0.3) is 11.3 Å². The average molecular weight is 289 g/mol. The minimum Gasteiger partial charge on any atom is -0.441 e. The number of nitro benzene ring substituents is 1. The highest BCUT2D eigenvalue weighted by Crippen LogP contribution is 2.27. The van der Waals surface area contributed by atoms with Gasteiger partial charge in [-0.15, -0.1) is 0 Å². The first kappa shape index (κ1) is 15.2. The molecule has 1 aromatic carbocycles. The summed E-state index contributed by atoms with van der Waals surface area (Å²) >= 11 is 0. The normalized spacial score (nSPS) is 10.8. The Kier molecular flexibility index (Phi) is 5.05. The molecular weight excluding hydrogens is 270 g/mol. The van der Waals surface area contributed by atoms with Crippen molar-refractivity contribution in [3.05, 3.63) is 46.0 Å². The van der Waals surface area contributed by atoms with Crippen molar-refractivity contribution >= 4 is 5.69 Å². The molecule has 0 amide bonds. The van der Waals surface area contributed by atoms with Crippen molar-refractivity contribution in [2.45, 2.75) is 26.7 Å². The molecule has 0 radical (unpaired) electrons. The van der Waals surface area contributed by atoms with E-state index in [2.05, 4.69) is 17.2 Å². The molecule has 0 atom stereocenters. The van der Waals surface area contributed by atoms with Crippen LogP contribution in [0.15, 0.2) is 28.8 Å². The fourth-order valence-electron chi connectivity index (χ4n) is 2.09. The smallest absolute Gasteiger partial charge is 0.269 e. The van der Waals surface area contributed by atoms with E-state index in [4.69, 9.17) is 4.42 Å². The third-order valence-corrected chi connectivity index (χ3v) is 3.18. The van der Waals surface area contributed by atoms with Gasteiger partial charge in [0.15, 0.2) is 11.7 Å². The van der Waals surface area contributed by atoms with E-state index in [9.17, 15) is 10.1 Å². The molecule has 2 aromatic rings. The molecule has 21 heavy (non-hydrogen) atoms. The van der Waals surface area contributed by atoms with E-state index in [-0.39, 0.29) is 5.69 Å². The quantitative estimate of drug-likeness (QED) is 0.481. The molecule has 1 N–H and O–H groups in total. The maximum Gasteiger partial charge on any atom is 0.269 e. The van der Waals surface area contributed by atoms with Crippen LogP contribution < -0.4 is 5.32 Å². The van der Waals surface area contributed by atoms with Crippen molar-refractivity contribution in [1.82, 2.24) is 10.3 Å². The lowest BCUT2D eigenvalue weighted by Crippen LogP contribution is -2.17. The summed E-state index contributed by atoms with van der Waals surface area (Å²) in [6.45, 7) is 5.75. The predicted octanol–water partition coefficient (Wildman–Crippen LogP) is 3.10. The van der Waals surface area contributed by atoms with Gasteiger partial charge in [-0.3, -0.25) is 10.1 Å². The summed E-state index contributed by atoms with van der Waals surface area (Å²) in [5.41, 5.74) is 1.72. The molecule has 0 aliphatic carbocycles. The van der Waals surface area contributed by atoms with Crippen molar-refractivity contribution < 1.29 is 9.34 Å². The number of hydrogen-bond donors (Lipinski definition) is 1. The van der Waals surface area contributed by atoms with Crippen LogP contribution in [0.2, 0.25) is 0 Å². The number of aryl methyl sites for hydroxylation is 1. The Balaban J connectivity index is 2.08. The summed E-state index contributed by atoms with van der Waals surface area (Å²) in [5, 5.41) is 14.0. The lowest BCUT2D eigenvalue weighted by molar-refractivity contribution is -0.384. The third-order valence-electron chi connectivity index (χ3n) is 3.18. The van der Waals surface area contributed by atoms with E-state index in [0.717, 1.165) is 37.1 Å². The van der Waals surface area contributed by atoms with Gasteiger partial charge in [0.2, 0.25) is 0 Å². The number of benzene rings is 1. The molecule has 0 saturated carbocycles. The molecule has 0 spiro atoms.